The number of hydrogen-bond acceptors (Lipinski definition) is 5. The number of aromatic nitrogens is 1. The molecule has 4 nitrogen and oxygen atoms in total. The van der Waals surface area contributed by atoms with E-state index < -0.39 is 10.1 Å². The Hall–Kier alpha value is -0.620. The van der Waals surface area contributed by atoms with Crippen LogP contribution in [0.2, 0.25) is 0 Å². The summed E-state index contributed by atoms with van der Waals surface area (Å²) in [6.07, 6.45) is 1.02. The van der Waals surface area contributed by atoms with Crippen molar-refractivity contribution in [3.63, 3.8) is 0 Å². The minimum absolute atomic E-state index is 0.356. The molecule has 0 aliphatic carbocycles. The van der Waals surface area contributed by atoms with E-state index in [9.17, 15) is 8.42 Å². The minimum atomic E-state index is -3.42. The van der Waals surface area contributed by atoms with Gasteiger partial charge in [0.1, 0.15) is 0 Å². The van der Waals surface area contributed by atoms with Crippen LogP contribution in [0.3, 0.4) is 0 Å². The van der Waals surface area contributed by atoms with Gasteiger partial charge in [-0.3, -0.25) is 0 Å². The lowest BCUT2D eigenvalue weighted by Crippen LogP contribution is -2.05. The van der Waals surface area contributed by atoms with Crippen molar-refractivity contribution in [1.82, 2.24) is 4.98 Å². The molecule has 0 unspecified atom stereocenters. The Balaban J connectivity index is 2.97. The highest BCUT2D eigenvalue weighted by Gasteiger charge is 2.11. The van der Waals surface area contributed by atoms with Gasteiger partial charge in [-0.25, -0.2) is 4.98 Å². The fraction of sp³-hybridized carbons (Fsp3) is 0.500. The third kappa shape index (κ3) is 2.46. The molecule has 0 N–H and O–H groups in total. The third-order valence-corrected chi connectivity index (χ3v) is 2.61. The van der Waals surface area contributed by atoms with Crippen LogP contribution in [0.25, 0.3) is 0 Å². The summed E-state index contributed by atoms with van der Waals surface area (Å²) in [5, 5.41) is 1.15. The topological polar surface area (TPSA) is 56.3 Å². The number of aryl methyl sites for hydroxylation is 2. The number of thiazole rings is 1. The lowest BCUT2D eigenvalue weighted by atomic mass is 10.5. The molecule has 1 rings (SSSR count). The van der Waals surface area contributed by atoms with Gasteiger partial charge in [-0.1, -0.05) is 11.3 Å². The molecule has 1 aromatic heterocycles. The summed E-state index contributed by atoms with van der Waals surface area (Å²) in [5.74, 6) is 0. The van der Waals surface area contributed by atoms with Crippen molar-refractivity contribution in [3.05, 3.63) is 10.7 Å². The lowest BCUT2D eigenvalue weighted by molar-refractivity contribution is 0.497. The molecule has 0 aliphatic rings. The average molecular weight is 207 g/mol. The zero-order valence-electron chi connectivity index (χ0n) is 6.99. The van der Waals surface area contributed by atoms with Crippen molar-refractivity contribution in [3.8, 4) is 5.06 Å². The zero-order chi connectivity index (χ0) is 9.35. The molecule has 1 aromatic rings. The van der Waals surface area contributed by atoms with Gasteiger partial charge in [0, 0.05) is 0 Å². The Morgan fingerprint density at radius 2 is 2.00 bits per heavy atom. The van der Waals surface area contributed by atoms with Crippen LogP contribution in [-0.4, -0.2) is 19.7 Å². The van der Waals surface area contributed by atoms with Gasteiger partial charge in [-0.2, -0.15) is 8.42 Å². The Labute approximate surface area is 75.3 Å². The minimum Gasteiger partial charge on any atom is -0.369 e. The van der Waals surface area contributed by atoms with E-state index in [0.29, 0.717) is 10.8 Å². The van der Waals surface area contributed by atoms with Crippen LogP contribution in [0.1, 0.15) is 10.7 Å². The van der Waals surface area contributed by atoms with Crippen LogP contribution in [0, 0.1) is 13.8 Å². The van der Waals surface area contributed by atoms with E-state index in [1.807, 2.05) is 0 Å². The maximum Gasteiger partial charge on any atom is 0.307 e. The van der Waals surface area contributed by atoms with Crippen molar-refractivity contribution in [1.29, 1.82) is 0 Å². The standard InChI is InChI=1S/C6H9NO3S2/c1-4-6(10-12(3,8)9)11-5(2)7-4/h1-3H3. The predicted molar refractivity (Wildman–Crippen MR) is 47.1 cm³/mol. The molecular formula is C6H9NO3S2. The molecule has 0 aliphatic heterocycles. The first-order valence-corrected chi connectivity index (χ1v) is 5.85. The van der Waals surface area contributed by atoms with Crippen molar-refractivity contribution < 1.29 is 12.6 Å². The molecule has 1 heterocycles. The average Bonchev–Trinajstić information content (AvgIpc) is 2.06. The van der Waals surface area contributed by atoms with Gasteiger partial charge in [-0.15, -0.1) is 0 Å². The summed E-state index contributed by atoms with van der Waals surface area (Å²) in [7, 11) is -3.42. The summed E-state index contributed by atoms with van der Waals surface area (Å²) in [6.45, 7) is 3.51. The molecule has 0 spiro atoms. The SMILES string of the molecule is Cc1nc(C)c(OS(C)(=O)=O)s1. The van der Waals surface area contributed by atoms with Crippen LogP contribution in [0.5, 0.6) is 5.06 Å². The molecule has 6 heteroatoms. The van der Waals surface area contributed by atoms with Gasteiger partial charge in [-0.05, 0) is 13.8 Å². The third-order valence-electron chi connectivity index (χ3n) is 1.09. The van der Waals surface area contributed by atoms with Gasteiger partial charge in [0.15, 0.2) is 0 Å². The summed E-state index contributed by atoms with van der Waals surface area (Å²) in [5.41, 5.74) is 0.614. The summed E-state index contributed by atoms with van der Waals surface area (Å²) >= 11 is 1.23. The van der Waals surface area contributed by atoms with Crippen LogP contribution in [0.15, 0.2) is 0 Å². The summed E-state index contributed by atoms with van der Waals surface area (Å²) < 4.78 is 26.1. The van der Waals surface area contributed by atoms with Crippen LogP contribution in [0.4, 0.5) is 0 Å². The van der Waals surface area contributed by atoms with E-state index in [0.717, 1.165) is 11.3 Å². The number of hydrogen-bond donors (Lipinski definition) is 0. The van der Waals surface area contributed by atoms with E-state index in [1.54, 1.807) is 13.8 Å². The van der Waals surface area contributed by atoms with E-state index >= 15 is 0 Å². The quantitative estimate of drug-likeness (QED) is 0.681. The maximum absolute atomic E-state index is 10.7. The van der Waals surface area contributed by atoms with E-state index in [2.05, 4.69) is 9.17 Å². The summed E-state index contributed by atoms with van der Waals surface area (Å²) in [6, 6.07) is 0. The molecule has 0 aromatic carbocycles. The smallest absolute Gasteiger partial charge is 0.307 e. The molecule has 0 atom stereocenters. The first-order chi connectivity index (χ1) is 5.38. The Morgan fingerprint density at radius 1 is 1.42 bits per heavy atom. The van der Waals surface area contributed by atoms with Gasteiger partial charge in [0.05, 0.1) is 17.0 Å². The van der Waals surface area contributed by atoms with Crippen LogP contribution < -0.4 is 4.18 Å². The molecule has 68 valence electrons. The molecule has 0 bridgehead atoms. The lowest BCUT2D eigenvalue weighted by Gasteiger charge is -1.97. The number of nitrogens with zero attached hydrogens (tertiary/aromatic N) is 1. The first-order valence-electron chi connectivity index (χ1n) is 3.22. The molecular weight excluding hydrogens is 198 g/mol. The molecule has 0 fully saturated rings. The van der Waals surface area contributed by atoms with E-state index in [4.69, 9.17) is 0 Å². The second kappa shape index (κ2) is 3.02. The van der Waals surface area contributed by atoms with Gasteiger partial charge >= 0.3 is 10.1 Å². The fourth-order valence-corrected chi connectivity index (χ4v) is 2.27. The van der Waals surface area contributed by atoms with Crippen molar-refractivity contribution in [2.24, 2.45) is 0 Å². The fourth-order valence-electron chi connectivity index (χ4n) is 0.727. The second-order valence-electron chi connectivity index (χ2n) is 2.39. The van der Waals surface area contributed by atoms with E-state index in [1.165, 1.54) is 11.3 Å². The second-order valence-corrected chi connectivity index (χ2v) is 5.13. The molecule has 0 saturated carbocycles. The van der Waals surface area contributed by atoms with Crippen molar-refractivity contribution >= 4 is 21.5 Å². The van der Waals surface area contributed by atoms with Crippen LogP contribution >= 0.6 is 11.3 Å². The molecule has 12 heavy (non-hydrogen) atoms. The van der Waals surface area contributed by atoms with Gasteiger partial charge in [0.2, 0.25) is 5.06 Å². The highest BCUT2D eigenvalue weighted by molar-refractivity contribution is 7.86. The highest BCUT2D eigenvalue weighted by atomic mass is 32.2. The Morgan fingerprint density at radius 3 is 2.33 bits per heavy atom. The molecule has 0 amide bonds. The zero-order valence-corrected chi connectivity index (χ0v) is 8.62. The Kier molecular flexibility index (Phi) is 2.39. The normalized spacial score (nSPS) is 11.6. The van der Waals surface area contributed by atoms with Crippen LogP contribution in [-0.2, 0) is 10.1 Å². The molecule has 0 saturated heterocycles. The maximum atomic E-state index is 10.7. The molecule has 0 radical (unpaired) electrons. The first kappa shape index (κ1) is 9.47. The predicted octanol–water partition coefficient (Wildman–Crippen LogP) is 1.10. The summed E-state index contributed by atoms with van der Waals surface area (Å²) in [4.78, 5) is 4.02. The van der Waals surface area contributed by atoms with Crippen molar-refractivity contribution in [2.75, 3.05) is 6.26 Å². The largest absolute Gasteiger partial charge is 0.369 e. The van der Waals surface area contributed by atoms with E-state index in [-0.39, 0.29) is 0 Å². The number of rotatable bonds is 2. The highest BCUT2D eigenvalue weighted by Crippen LogP contribution is 2.26. The van der Waals surface area contributed by atoms with Crippen molar-refractivity contribution in [2.45, 2.75) is 13.8 Å². The van der Waals surface area contributed by atoms with Gasteiger partial charge in [0.25, 0.3) is 0 Å². The monoisotopic (exact) mass is 207 g/mol. The Bertz CT molecular complexity index is 379. The van der Waals surface area contributed by atoms with Gasteiger partial charge < -0.3 is 4.18 Å².